The molecule has 0 aliphatic carbocycles. The van der Waals surface area contributed by atoms with E-state index < -0.39 is 11.5 Å². The van der Waals surface area contributed by atoms with Crippen LogP contribution in [0.3, 0.4) is 0 Å². The zero-order valence-corrected chi connectivity index (χ0v) is 12.2. The Balaban J connectivity index is 2.61. The topological polar surface area (TPSA) is 90.0 Å². The number of carbonyl (C=O) groups is 1. The quantitative estimate of drug-likeness (QED) is 0.510. The minimum Gasteiger partial charge on any atom is -0.290 e. The maximum absolute atomic E-state index is 12.2. The fraction of sp³-hybridized carbons (Fsp3) is 0.214. The molecular weight excluding hydrogens is 292 g/mol. The Morgan fingerprint density at radius 3 is 2.62 bits per heavy atom. The van der Waals surface area contributed by atoms with Crippen LogP contribution in [0.25, 0.3) is 11.3 Å². The molecular formula is C14H15ClN4O2. The highest BCUT2D eigenvalue weighted by molar-refractivity contribution is 6.30. The lowest BCUT2D eigenvalue weighted by molar-refractivity contribution is 0.0951. The average molecular weight is 307 g/mol. The van der Waals surface area contributed by atoms with Gasteiger partial charge in [0.15, 0.2) is 0 Å². The number of nitrogens with zero attached hydrogens (tertiary/aromatic N) is 2. The number of benzene rings is 1. The Morgan fingerprint density at radius 2 is 2.05 bits per heavy atom. The van der Waals surface area contributed by atoms with Crippen LogP contribution in [0.1, 0.15) is 23.7 Å². The first-order chi connectivity index (χ1) is 10.1. The van der Waals surface area contributed by atoms with Gasteiger partial charge in [-0.3, -0.25) is 15.0 Å². The predicted octanol–water partition coefficient (Wildman–Crippen LogP) is 1.58. The molecule has 0 atom stereocenters. The molecule has 0 radical (unpaired) electrons. The van der Waals surface area contributed by atoms with Crippen molar-refractivity contribution in [2.45, 2.75) is 19.9 Å². The van der Waals surface area contributed by atoms with Crippen molar-refractivity contribution in [1.82, 2.24) is 15.2 Å². The summed E-state index contributed by atoms with van der Waals surface area (Å²) in [6.07, 6.45) is 0.723. The van der Waals surface area contributed by atoms with Gasteiger partial charge in [0, 0.05) is 17.1 Å². The second-order valence-corrected chi connectivity index (χ2v) is 4.89. The zero-order chi connectivity index (χ0) is 15.4. The van der Waals surface area contributed by atoms with Crippen molar-refractivity contribution >= 4 is 17.5 Å². The number of nitrogens with two attached hydrogens (primary N) is 1. The van der Waals surface area contributed by atoms with E-state index in [4.69, 9.17) is 17.4 Å². The molecule has 0 aliphatic rings. The maximum atomic E-state index is 12.2. The van der Waals surface area contributed by atoms with Gasteiger partial charge in [-0.25, -0.2) is 10.5 Å². The van der Waals surface area contributed by atoms with Crippen LogP contribution in [0.15, 0.2) is 35.1 Å². The SMILES string of the molecule is CCCn1nc(-c2ccc(Cl)cc2)cc(C(=O)NN)c1=O. The number of nitrogen functional groups attached to an aromatic ring is 1. The van der Waals surface area contributed by atoms with E-state index in [9.17, 15) is 9.59 Å². The molecule has 0 unspecified atom stereocenters. The van der Waals surface area contributed by atoms with Crippen molar-refractivity contribution in [3.05, 3.63) is 51.3 Å². The lowest BCUT2D eigenvalue weighted by Gasteiger charge is -2.09. The normalized spacial score (nSPS) is 10.4. The Morgan fingerprint density at radius 1 is 1.38 bits per heavy atom. The van der Waals surface area contributed by atoms with Gasteiger partial charge in [-0.05, 0) is 24.6 Å². The van der Waals surface area contributed by atoms with Crippen molar-refractivity contribution in [1.29, 1.82) is 0 Å². The van der Waals surface area contributed by atoms with Crippen LogP contribution in [0.5, 0.6) is 0 Å². The van der Waals surface area contributed by atoms with Gasteiger partial charge in [-0.15, -0.1) is 0 Å². The Kier molecular flexibility index (Phi) is 4.72. The van der Waals surface area contributed by atoms with E-state index in [2.05, 4.69) is 5.10 Å². The smallest absolute Gasteiger partial charge is 0.279 e. The first-order valence-corrected chi connectivity index (χ1v) is 6.83. The molecule has 1 amide bonds. The standard InChI is InChI=1S/C14H15ClN4O2/c1-2-7-19-14(21)11(13(20)17-16)8-12(18-19)9-3-5-10(15)6-4-9/h3-6,8H,2,7,16H2,1H3,(H,17,20). The number of carbonyl (C=O) groups excluding carboxylic acids is 1. The lowest BCUT2D eigenvalue weighted by atomic mass is 10.1. The van der Waals surface area contributed by atoms with Gasteiger partial charge in [0.25, 0.3) is 11.5 Å². The van der Waals surface area contributed by atoms with Gasteiger partial charge in [0.05, 0.1) is 5.69 Å². The van der Waals surface area contributed by atoms with Crippen LogP contribution >= 0.6 is 11.6 Å². The second kappa shape index (κ2) is 6.51. The molecule has 1 heterocycles. The van der Waals surface area contributed by atoms with Crippen LogP contribution < -0.4 is 16.8 Å². The fourth-order valence-corrected chi connectivity index (χ4v) is 2.03. The number of hydrogen-bond acceptors (Lipinski definition) is 4. The summed E-state index contributed by atoms with van der Waals surface area (Å²) in [6, 6.07) is 8.41. The van der Waals surface area contributed by atoms with Crippen molar-refractivity contribution in [3.8, 4) is 11.3 Å². The Labute approximate surface area is 126 Å². The molecule has 6 nitrogen and oxygen atoms in total. The molecule has 0 spiro atoms. The van der Waals surface area contributed by atoms with E-state index in [0.717, 1.165) is 12.0 Å². The molecule has 2 rings (SSSR count). The summed E-state index contributed by atoms with van der Waals surface area (Å²) < 4.78 is 1.27. The van der Waals surface area contributed by atoms with Crippen LogP contribution in [0.2, 0.25) is 5.02 Å². The molecule has 7 heteroatoms. The predicted molar refractivity (Wildman–Crippen MR) is 80.9 cm³/mol. The van der Waals surface area contributed by atoms with Gasteiger partial charge in [0.2, 0.25) is 0 Å². The molecule has 0 saturated carbocycles. The number of nitrogens with one attached hydrogen (secondary N) is 1. The molecule has 2 aromatic rings. The third-order valence-corrected chi connectivity index (χ3v) is 3.18. The summed E-state index contributed by atoms with van der Waals surface area (Å²) in [5.41, 5.74) is 2.75. The molecule has 1 aromatic carbocycles. The summed E-state index contributed by atoms with van der Waals surface area (Å²) in [5, 5.41) is 4.88. The van der Waals surface area contributed by atoms with Gasteiger partial charge in [0.1, 0.15) is 5.56 Å². The summed E-state index contributed by atoms with van der Waals surface area (Å²) in [5.74, 6) is 4.48. The number of hydrogen-bond donors (Lipinski definition) is 2. The monoisotopic (exact) mass is 306 g/mol. The van der Waals surface area contributed by atoms with E-state index >= 15 is 0 Å². The second-order valence-electron chi connectivity index (χ2n) is 4.45. The first kappa shape index (κ1) is 15.2. The van der Waals surface area contributed by atoms with E-state index in [-0.39, 0.29) is 5.56 Å². The number of aryl methyl sites for hydroxylation is 1. The molecule has 0 aliphatic heterocycles. The molecule has 21 heavy (non-hydrogen) atoms. The maximum Gasteiger partial charge on any atom is 0.279 e. The van der Waals surface area contributed by atoms with Crippen molar-refractivity contribution in [3.63, 3.8) is 0 Å². The zero-order valence-electron chi connectivity index (χ0n) is 11.5. The molecule has 1 aromatic heterocycles. The lowest BCUT2D eigenvalue weighted by Crippen LogP contribution is -2.37. The van der Waals surface area contributed by atoms with Crippen LogP contribution in [-0.4, -0.2) is 15.7 Å². The minimum atomic E-state index is -0.637. The van der Waals surface area contributed by atoms with Crippen LogP contribution in [0.4, 0.5) is 0 Å². The average Bonchev–Trinajstić information content (AvgIpc) is 2.49. The van der Waals surface area contributed by atoms with E-state index in [1.165, 1.54) is 10.7 Å². The Bertz CT molecular complexity index is 710. The van der Waals surface area contributed by atoms with E-state index in [1.807, 2.05) is 12.3 Å². The van der Waals surface area contributed by atoms with Crippen LogP contribution in [0, 0.1) is 0 Å². The third kappa shape index (κ3) is 3.29. The highest BCUT2D eigenvalue weighted by Gasteiger charge is 2.15. The van der Waals surface area contributed by atoms with Crippen molar-refractivity contribution in [2.75, 3.05) is 0 Å². The summed E-state index contributed by atoms with van der Waals surface area (Å²) in [6.45, 7) is 2.34. The fourth-order valence-electron chi connectivity index (χ4n) is 1.91. The largest absolute Gasteiger partial charge is 0.290 e. The molecule has 3 N–H and O–H groups in total. The van der Waals surface area contributed by atoms with Crippen LogP contribution in [-0.2, 0) is 6.54 Å². The Hall–Kier alpha value is -2.18. The van der Waals surface area contributed by atoms with Crippen molar-refractivity contribution in [2.24, 2.45) is 5.84 Å². The number of hydrazine groups is 1. The summed E-state index contributed by atoms with van der Waals surface area (Å²) >= 11 is 5.85. The first-order valence-electron chi connectivity index (χ1n) is 6.46. The molecule has 0 bridgehead atoms. The van der Waals surface area contributed by atoms with Crippen molar-refractivity contribution < 1.29 is 4.79 Å². The number of halogens is 1. The van der Waals surface area contributed by atoms with Gasteiger partial charge >= 0.3 is 0 Å². The molecule has 0 fully saturated rings. The highest BCUT2D eigenvalue weighted by atomic mass is 35.5. The number of aromatic nitrogens is 2. The highest BCUT2D eigenvalue weighted by Crippen LogP contribution is 2.19. The number of rotatable bonds is 4. The summed E-state index contributed by atoms with van der Waals surface area (Å²) in [4.78, 5) is 23.9. The van der Waals surface area contributed by atoms with Gasteiger partial charge in [-0.2, -0.15) is 5.10 Å². The van der Waals surface area contributed by atoms with Gasteiger partial charge < -0.3 is 0 Å². The third-order valence-electron chi connectivity index (χ3n) is 2.93. The molecule has 0 saturated heterocycles. The van der Waals surface area contributed by atoms with E-state index in [1.54, 1.807) is 24.3 Å². The number of amides is 1. The molecule has 110 valence electrons. The minimum absolute atomic E-state index is 0.0362. The van der Waals surface area contributed by atoms with Gasteiger partial charge in [-0.1, -0.05) is 30.7 Å². The summed E-state index contributed by atoms with van der Waals surface area (Å²) in [7, 11) is 0. The van der Waals surface area contributed by atoms with E-state index in [0.29, 0.717) is 17.3 Å².